The summed E-state index contributed by atoms with van der Waals surface area (Å²) in [5, 5.41) is 53.0. The number of anilines is 1. The maximum absolute atomic E-state index is 13.8. The van der Waals surface area contributed by atoms with Crippen molar-refractivity contribution in [3.63, 3.8) is 0 Å². The summed E-state index contributed by atoms with van der Waals surface area (Å²) in [6, 6.07) is 1.96. The monoisotopic (exact) mass is 516 g/mol. The second kappa shape index (κ2) is 7.84. The van der Waals surface area contributed by atoms with E-state index in [0.717, 1.165) is 17.7 Å². The summed E-state index contributed by atoms with van der Waals surface area (Å²) in [5.41, 5.74) is -4.98. The smallest absolute Gasteiger partial charge is 0.348 e. The molecule has 0 unspecified atom stereocenters. The number of aryl methyl sites for hydroxylation is 1. The molecule has 1 aromatic heterocycles. The van der Waals surface area contributed by atoms with Crippen molar-refractivity contribution in [1.82, 2.24) is 14.5 Å². The third kappa shape index (κ3) is 3.80. The molecule has 0 atom stereocenters. The summed E-state index contributed by atoms with van der Waals surface area (Å²) in [7, 11) is 1.08. The van der Waals surface area contributed by atoms with Gasteiger partial charge in [0.15, 0.2) is 0 Å². The Kier molecular flexibility index (Phi) is 5.50. The number of hydrogen-bond acceptors (Lipinski definition) is 8. The van der Waals surface area contributed by atoms with Crippen molar-refractivity contribution in [3.05, 3.63) is 62.8 Å². The molecule has 7 N–H and O–H groups in total. The van der Waals surface area contributed by atoms with E-state index in [9.17, 15) is 57.5 Å². The molecule has 36 heavy (non-hydrogen) atoms. The Bertz CT molecular complexity index is 1500. The molecule has 0 bridgehead atoms. The van der Waals surface area contributed by atoms with Crippen molar-refractivity contribution in [3.8, 4) is 0 Å². The fourth-order valence-corrected chi connectivity index (χ4v) is 3.88. The lowest BCUT2D eigenvalue weighted by atomic mass is 10.0. The van der Waals surface area contributed by atoms with E-state index in [1.165, 1.54) is 0 Å². The molecule has 192 valence electrons. The van der Waals surface area contributed by atoms with Crippen molar-refractivity contribution in [2.75, 3.05) is 5.32 Å². The number of rotatable bonds is 4. The molecule has 0 spiro atoms. The van der Waals surface area contributed by atoms with Crippen LogP contribution in [0, 0.1) is 5.82 Å². The second-order valence-corrected chi connectivity index (χ2v) is 7.96. The normalized spacial score (nSPS) is 14.2. The molecule has 2 aromatic carbocycles. The van der Waals surface area contributed by atoms with E-state index in [1.54, 1.807) is 0 Å². The molecule has 2 heterocycles. The molecule has 0 fully saturated rings. The summed E-state index contributed by atoms with van der Waals surface area (Å²) in [4.78, 5) is 38.0. The molecule has 12 nitrogen and oxygen atoms in total. The Morgan fingerprint density at radius 3 is 2.28 bits per heavy atom. The highest BCUT2D eigenvalue weighted by molar-refractivity contribution is 6.13. The predicted molar refractivity (Wildman–Crippen MR) is 110 cm³/mol. The highest BCUT2D eigenvalue weighted by atomic mass is 19.4. The van der Waals surface area contributed by atoms with Crippen molar-refractivity contribution in [1.29, 1.82) is 0 Å². The van der Waals surface area contributed by atoms with E-state index < -0.39 is 58.0 Å². The molecule has 0 saturated carbocycles. The zero-order valence-corrected chi connectivity index (χ0v) is 17.9. The van der Waals surface area contributed by atoms with Crippen LogP contribution in [0.1, 0.15) is 31.8 Å². The number of hydrogen-bond donors (Lipinski definition) is 7. The number of carbonyl (C=O) groups excluding carboxylic acids is 2. The quantitative estimate of drug-likeness (QED) is 0.174. The van der Waals surface area contributed by atoms with E-state index in [2.05, 4.69) is 10.6 Å². The van der Waals surface area contributed by atoms with E-state index in [1.807, 2.05) is 0 Å². The lowest BCUT2D eigenvalue weighted by molar-refractivity contribution is -0.480. The maximum atomic E-state index is 13.8. The van der Waals surface area contributed by atoms with Crippen molar-refractivity contribution >= 4 is 28.5 Å². The van der Waals surface area contributed by atoms with Crippen LogP contribution in [-0.4, -0.2) is 52.5 Å². The molecule has 3 aromatic rings. The average Bonchev–Trinajstić information content (AvgIpc) is 3.24. The standard InChI is InChI=1S/C20H16F4N4O8/c1-27-14-12(28(17(27)31)19(32,33)20(34,35)36)5-11(10-6-25-16(30)13(10)14)26-15(29)7-2-8(18(22,23)24)4-9(21)3-7/h2-5,32-36H,6H2,1H3,(H,25,30)(H,26,29). The fourth-order valence-electron chi connectivity index (χ4n) is 3.88. The van der Waals surface area contributed by atoms with Gasteiger partial charge in [0, 0.05) is 30.4 Å². The summed E-state index contributed by atoms with van der Waals surface area (Å²) in [6.45, 7) is -0.233. The van der Waals surface area contributed by atoms with Crippen molar-refractivity contribution in [2.45, 2.75) is 24.6 Å². The van der Waals surface area contributed by atoms with E-state index in [-0.39, 0.29) is 39.5 Å². The molecular formula is C20H16F4N4O8. The summed E-state index contributed by atoms with van der Waals surface area (Å²) >= 11 is 0. The van der Waals surface area contributed by atoms with Gasteiger partial charge >= 0.3 is 23.8 Å². The predicted octanol–water partition coefficient (Wildman–Crippen LogP) is -0.781. The van der Waals surface area contributed by atoms with Gasteiger partial charge in [-0.15, -0.1) is 0 Å². The third-order valence-corrected chi connectivity index (χ3v) is 5.59. The Hall–Kier alpha value is -3.83. The van der Waals surface area contributed by atoms with Crippen LogP contribution in [0.5, 0.6) is 0 Å². The molecule has 1 aliphatic rings. The number of nitrogens with one attached hydrogen (secondary N) is 2. The number of fused-ring (bicyclic) bond motifs is 3. The molecule has 16 heteroatoms. The zero-order valence-electron chi connectivity index (χ0n) is 17.9. The Labute approximate surface area is 196 Å². The van der Waals surface area contributed by atoms with Crippen molar-refractivity contribution in [2.24, 2.45) is 7.05 Å². The van der Waals surface area contributed by atoms with Crippen LogP contribution in [0.15, 0.2) is 29.1 Å². The summed E-state index contributed by atoms with van der Waals surface area (Å²) in [5.74, 6) is -11.8. The van der Waals surface area contributed by atoms with Crippen LogP contribution in [0.4, 0.5) is 23.2 Å². The fraction of sp³-hybridized carbons (Fsp3) is 0.250. The Balaban J connectivity index is 1.94. The molecule has 0 saturated heterocycles. The van der Waals surface area contributed by atoms with Gasteiger partial charge in [0.1, 0.15) is 5.82 Å². The second-order valence-electron chi connectivity index (χ2n) is 7.96. The topological polar surface area (TPSA) is 186 Å². The first kappa shape index (κ1) is 25.3. The first-order chi connectivity index (χ1) is 16.4. The van der Waals surface area contributed by atoms with E-state index in [4.69, 9.17) is 0 Å². The van der Waals surface area contributed by atoms with Crippen LogP contribution in [0.2, 0.25) is 0 Å². The number of nitrogens with zero attached hydrogens (tertiary/aromatic N) is 2. The highest BCUT2D eigenvalue weighted by Crippen LogP contribution is 2.35. The number of benzene rings is 2. The van der Waals surface area contributed by atoms with E-state index >= 15 is 0 Å². The maximum Gasteiger partial charge on any atom is 0.416 e. The number of carbonyl (C=O) groups is 2. The van der Waals surface area contributed by atoms with Gasteiger partial charge in [-0.05, 0) is 24.3 Å². The number of aliphatic hydroxyl groups is 5. The van der Waals surface area contributed by atoms with Gasteiger partial charge < -0.3 is 36.2 Å². The zero-order chi connectivity index (χ0) is 27.0. The first-order valence-corrected chi connectivity index (χ1v) is 9.82. The molecule has 2 amide bonds. The van der Waals surface area contributed by atoms with Gasteiger partial charge in [-0.1, -0.05) is 0 Å². The average molecular weight is 516 g/mol. The minimum absolute atomic E-state index is 0.0331. The van der Waals surface area contributed by atoms with Crippen LogP contribution in [0.3, 0.4) is 0 Å². The number of imidazole rings is 1. The lowest BCUT2D eigenvalue weighted by Gasteiger charge is -2.30. The third-order valence-electron chi connectivity index (χ3n) is 5.59. The minimum atomic E-state index is -4.97. The molecular weight excluding hydrogens is 500 g/mol. The number of amides is 2. The van der Waals surface area contributed by atoms with Crippen LogP contribution in [0.25, 0.3) is 11.0 Å². The summed E-state index contributed by atoms with van der Waals surface area (Å²) in [6.07, 6.45) is -4.97. The lowest BCUT2D eigenvalue weighted by Crippen LogP contribution is -2.58. The Morgan fingerprint density at radius 2 is 1.69 bits per heavy atom. The van der Waals surface area contributed by atoms with Crippen LogP contribution >= 0.6 is 0 Å². The molecule has 0 aliphatic carbocycles. The molecule has 4 rings (SSSR count). The Morgan fingerprint density at radius 1 is 1.06 bits per heavy atom. The van der Waals surface area contributed by atoms with Gasteiger partial charge in [0.05, 0.1) is 22.2 Å². The SMILES string of the molecule is Cn1c(=O)n(C(O)(O)C(O)(O)O)c2cc(NC(=O)c3cc(F)cc(C(F)(F)F)c3)c3c(c21)C(=O)NC3. The molecule has 1 aliphatic heterocycles. The van der Waals surface area contributed by atoms with Crippen LogP contribution in [-0.2, 0) is 25.7 Å². The molecule has 0 radical (unpaired) electrons. The number of halogens is 4. The van der Waals surface area contributed by atoms with Gasteiger partial charge in [-0.25, -0.2) is 13.8 Å². The number of aromatic nitrogens is 2. The van der Waals surface area contributed by atoms with Gasteiger partial charge in [0.2, 0.25) is 0 Å². The van der Waals surface area contributed by atoms with E-state index in [0.29, 0.717) is 12.1 Å². The highest BCUT2D eigenvalue weighted by Gasteiger charge is 2.51. The minimum Gasteiger partial charge on any atom is -0.348 e. The van der Waals surface area contributed by atoms with Crippen LogP contribution < -0.4 is 16.3 Å². The number of alkyl halides is 3. The largest absolute Gasteiger partial charge is 0.416 e. The van der Waals surface area contributed by atoms with Crippen molar-refractivity contribution < 1.29 is 52.7 Å². The summed E-state index contributed by atoms with van der Waals surface area (Å²) < 4.78 is 53.5. The first-order valence-electron chi connectivity index (χ1n) is 9.82. The van der Waals surface area contributed by atoms with Gasteiger partial charge in [-0.2, -0.15) is 13.2 Å². The van der Waals surface area contributed by atoms with Gasteiger partial charge in [0.25, 0.3) is 11.8 Å². The van der Waals surface area contributed by atoms with Gasteiger partial charge in [-0.3, -0.25) is 14.2 Å².